The third kappa shape index (κ3) is 3.87. The lowest BCUT2D eigenvalue weighted by atomic mass is 10.1. The number of nitrogens with two attached hydrogens (primary N) is 1. The number of hydrogen-bond donors (Lipinski definition) is 2. The number of nitrogens with one attached hydrogen (secondary N) is 1. The number of carbonyl (C=O) groups excluding carboxylic acids is 1. The zero-order valence-corrected chi connectivity index (χ0v) is 18.7. The molecule has 1 amide bonds. The van der Waals surface area contributed by atoms with E-state index in [1.807, 2.05) is 6.07 Å². The van der Waals surface area contributed by atoms with Crippen molar-refractivity contribution in [2.75, 3.05) is 37.9 Å². The molecule has 0 spiro atoms. The van der Waals surface area contributed by atoms with Crippen molar-refractivity contribution >= 4 is 27.1 Å². The van der Waals surface area contributed by atoms with Crippen LogP contribution in [-0.4, -0.2) is 74.6 Å². The number of aromatic nitrogens is 3. The first kappa shape index (κ1) is 22.0. The van der Waals surface area contributed by atoms with Gasteiger partial charge in [0.1, 0.15) is 0 Å². The molecule has 4 rings (SSSR count). The van der Waals surface area contributed by atoms with Gasteiger partial charge in [-0.05, 0) is 12.1 Å². The van der Waals surface area contributed by atoms with Crippen LogP contribution >= 0.6 is 0 Å². The Morgan fingerprint density at radius 3 is 2.62 bits per heavy atom. The van der Waals surface area contributed by atoms with Crippen LogP contribution in [0.4, 0.5) is 5.69 Å². The van der Waals surface area contributed by atoms with Crippen molar-refractivity contribution in [1.82, 2.24) is 19.9 Å². The minimum atomic E-state index is -3.82. The SMILES string of the molecule is COc1ccc(-c2cc3c(N([C@@H]4CNC[C@@H]4OC)S(C)(=O)=O)c(C(N)=O)cnn3c2)cn1. The largest absolute Gasteiger partial charge is 0.481 e. The van der Waals surface area contributed by atoms with Gasteiger partial charge in [0.2, 0.25) is 15.9 Å². The third-order valence-corrected chi connectivity index (χ3v) is 6.63. The molecule has 0 unspecified atom stereocenters. The second kappa shape index (κ2) is 8.37. The van der Waals surface area contributed by atoms with Crippen LogP contribution in [0.3, 0.4) is 0 Å². The maximum absolute atomic E-state index is 13.0. The first-order valence-electron chi connectivity index (χ1n) is 9.79. The Bertz CT molecular complexity index is 1260. The minimum absolute atomic E-state index is 0.00202. The second-order valence-electron chi connectivity index (χ2n) is 7.48. The Hall–Kier alpha value is -3.22. The molecular formula is C20H24N6O5S. The smallest absolute Gasteiger partial charge is 0.252 e. The average molecular weight is 461 g/mol. The van der Waals surface area contributed by atoms with Gasteiger partial charge in [0, 0.05) is 49.8 Å². The highest BCUT2D eigenvalue weighted by molar-refractivity contribution is 7.92. The molecular weight excluding hydrogens is 436 g/mol. The summed E-state index contributed by atoms with van der Waals surface area (Å²) in [6, 6.07) is 4.73. The van der Waals surface area contributed by atoms with Gasteiger partial charge >= 0.3 is 0 Å². The number of hydrogen-bond acceptors (Lipinski definition) is 8. The highest BCUT2D eigenvalue weighted by Crippen LogP contribution is 2.35. The van der Waals surface area contributed by atoms with Crippen molar-refractivity contribution in [3.8, 4) is 17.0 Å². The standard InChI is InChI=1S/C20H24N6O5S/c1-30-17-10-22-9-16(17)26(32(3,28)29)19-14(20(21)27)8-24-25-11-13(6-15(19)25)12-4-5-18(31-2)23-7-12/h4-8,11,16-17,22H,9-10H2,1-3H3,(H2,21,27)/t16-,17+/m1/s1. The van der Waals surface area contributed by atoms with E-state index in [4.69, 9.17) is 15.2 Å². The molecule has 170 valence electrons. The van der Waals surface area contributed by atoms with E-state index in [1.165, 1.54) is 29.2 Å². The molecule has 0 aromatic carbocycles. The van der Waals surface area contributed by atoms with Crippen LogP contribution in [0.1, 0.15) is 10.4 Å². The number of pyridine rings is 1. The summed E-state index contributed by atoms with van der Waals surface area (Å²) in [5.41, 5.74) is 7.71. The number of primary amides is 1. The van der Waals surface area contributed by atoms with Crippen molar-refractivity contribution in [1.29, 1.82) is 0 Å². The minimum Gasteiger partial charge on any atom is -0.481 e. The molecule has 12 heteroatoms. The fraction of sp³-hybridized carbons (Fsp3) is 0.350. The monoisotopic (exact) mass is 460 g/mol. The first-order chi connectivity index (χ1) is 15.2. The van der Waals surface area contributed by atoms with Gasteiger partial charge in [0.05, 0.1) is 48.5 Å². The fourth-order valence-electron chi connectivity index (χ4n) is 3.98. The maximum Gasteiger partial charge on any atom is 0.252 e. The molecule has 1 saturated heterocycles. The van der Waals surface area contributed by atoms with Crippen molar-refractivity contribution in [3.63, 3.8) is 0 Å². The molecule has 11 nitrogen and oxygen atoms in total. The molecule has 3 aromatic heterocycles. The molecule has 1 aliphatic heterocycles. The van der Waals surface area contributed by atoms with Gasteiger partial charge in [-0.15, -0.1) is 0 Å². The lowest BCUT2D eigenvalue weighted by molar-refractivity contribution is 0.0997. The molecule has 0 saturated carbocycles. The third-order valence-electron chi connectivity index (χ3n) is 5.46. The number of fused-ring (bicyclic) bond motifs is 1. The topological polar surface area (TPSA) is 141 Å². The van der Waals surface area contributed by atoms with E-state index in [0.29, 0.717) is 24.5 Å². The van der Waals surface area contributed by atoms with Crippen molar-refractivity contribution in [2.45, 2.75) is 12.1 Å². The molecule has 1 fully saturated rings. The quantitative estimate of drug-likeness (QED) is 0.511. The summed E-state index contributed by atoms with van der Waals surface area (Å²) in [6.07, 6.45) is 5.34. The van der Waals surface area contributed by atoms with Gasteiger partial charge in [0.15, 0.2) is 0 Å². The zero-order chi connectivity index (χ0) is 23.0. The van der Waals surface area contributed by atoms with Crippen LogP contribution in [0.25, 0.3) is 16.6 Å². The van der Waals surface area contributed by atoms with Crippen LogP contribution in [0.2, 0.25) is 0 Å². The van der Waals surface area contributed by atoms with E-state index in [1.54, 1.807) is 24.5 Å². The number of ether oxygens (including phenoxy) is 2. The molecule has 1 aliphatic rings. The zero-order valence-electron chi connectivity index (χ0n) is 17.8. The molecule has 0 aliphatic carbocycles. The molecule has 0 radical (unpaired) electrons. The summed E-state index contributed by atoms with van der Waals surface area (Å²) >= 11 is 0. The number of rotatable bonds is 7. The molecule has 0 bridgehead atoms. The Morgan fingerprint density at radius 1 is 1.25 bits per heavy atom. The first-order valence-corrected chi connectivity index (χ1v) is 11.6. The van der Waals surface area contributed by atoms with E-state index < -0.39 is 28.1 Å². The maximum atomic E-state index is 13.0. The van der Waals surface area contributed by atoms with Crippen molar-refractivity contribution in [3.05, 3.63) is 42.4 Å². The molecule has 2 atom stereocenters. The summed E-state index contributed by atoms with van der Waals surface area (Å²) in [6.45, 7) is 0.832. The summed E-state index contributed by atoms with van der Waals surface area (Å²) < 4.78 is 39.3. The normalized spacial score (nSPS) is 18.7. The van der Waals surface area contributed by atoms with Gasteiger partial charge in [0.25, 0.3) is 5.91 Å². The van der Waals surface area contributed by atoms with E-state index in [9.17, 15) is 13.2 Å². The molecule has 3 aromatic rings. The van der Waals surface area contributed by atoms with E-state index in [0.717, 1.165) is 17.4 Å². The van der Waals surface area contributed by atoms with E-state index in [2.05, 4.69) is 15.4 Å². The van der Waals surface area contributed by atoms with E-state index in [-0.39, 0.29) is 11.3 Å². The van der Waals surface area contributed by atoms with Crippen LogP contribution < -0.4 is 20.1 Å². The number of methoxy groups -OCH3 is 2. The van der Waals surface area contributed by atoms with E-state index >= 15 is 0 Å². The van der Waals surface area contributed by atoms with Gasteiger partial charge < -0.3 is 20.5 Å². The number of nitrogens with zero attached hydrogens (tertiary/aromatic N) is 4. The molecule has 32 heavy (non-hydrogen) atoms. The summed E-state index contributed by atoms with van der Waals surface area (Å²) in [7, 11) is -0.770. The highest BCUT2D eigenvalue weighted by atomic mass is 32.2. The molecule has 3 N–H and O–H groups in total. The average Bonchev–Trinajstić information content (AvgIpc) is 3.40. The Morgan fingerprint density at radius 2 is 2.03 bits per heavy atom. The second-order valence-corrected chi connectivity index (χ2v) is 9.34. The van der Waals surface area contributed by atoms with Crippen LogP contribution in [0.5, 0.6) is 5.88 Å². The number of carbonyl (C=O) groups is 1. The van der Waals surface area contributed by atoms with Crippen LogP contribution in [0, 0.1) is 0 Å². The van der Waals surface area contributed by atoms with Crippen LogP contribution in [0.15, 0.2) is 36.8 Å². The predicted octanol–water partition coefficient (Wildman–Crippen LogP) is 0.257. The number of amides is 1. The number of anilines is 1. The molecule has 4 heterocycles. The lowest BCUT2D eigenvalue weighted by Crippen LogP contribution is -2.48. The van der Waals surface area contributed by atoms with Gasteiger partial charge in [-0.1, -0.05) is 0 Å². The van der Waals surface area contributed by atoms with Gasteiger partial charge in [-0.25, -0.2) is 17.9 Å². The summed E-state index contributed by atoms with van der Waals surface area (Å²) in [4.78, 5) is 16.5. The Balaban J connectivity index is 1.95. The van der Waals surface area contributed by atoms with Crippen molar-refractivity contribution in [2.24, 2.45) is 5.73 Å². The lowest BCUT2D eigenvalue weighted by Gasteiger charge is -2.32. The van der Waals surface area contributed by atoms with Crippen LogP contribution in [-0.2, 0) is 14.8 Å². The number of sulfonamides is 1. The highest BCUT2D eigenvalue weighted by Gasteiger charge is 2.39. The van der Waals surface area contributed by atoms with Gasteiger partial charge in [-0.2, -0.15) is 5.10 Å². The summed E-state index contributed by atoms with van der Waals surface area (Å²) in [5, 5.41) is 7.42. The van der Waals surface area contributed by atoms with Gasteiger partial charge in [-0.3, -0.25) is 9.10 Å². The summed E-state index contributed by atoms with van der Waals surface area (Å²) in [5.74, 6) is -0.313. The predicted molar refractivity (Wildman–Crippen MR) is 118 cm³/mol. The fourth-order valence-corrected chi connectivity index (χ4v) is 5.20. The Labute approximate surface area is 185 Å². The Kier molecular flexibility index (Phi) is 5.75. The van der Waals surface area contributed by atoms with Crippen molar-refractivity contribution < 1.29 is 22.7 Å².